The van der Waals surface area contributed by atoms with E-state index in [4.69, 9.17) is 9.47 Å². The van der Waals surface area contributed by atoms with E-state index in [1.165, 1.54) is 19.1 Å². The number of alkyl halides is 2. The molecule has 2 rings (SSSR count). The van der Waals surface area contributed by atoms with Crippen molar-refractivity contribution in [3.8, 4) is 0 Å². The Morgan fingerprint density at radius 1 is 1.23 bits per heavy atom. The predicted octanol–water partition coefficient (Wildman–Crippen LogP) is 1.35. The summed E-state index contributed by atoms with van der Waals surface area (Å²) < 4.78 is 36.1. The molecular formula is C14H22F2N2O4. The number of piperidine rings is 1. The maximum Gasteiger partial charge on any atom is 0.409 e. The highest BCUT2D eigenvalue weighted by Crippen LogP contribution is 2.30. The number of carbonyl (C=O) groups is 2. The molecule has 0 radical (unpaired) electrons. The van der Waals surface area contributed by atoms with Crippen LogP contribution < -0.4 is 0 Å². The van der Waals surface area contributed by atoms with Crippen molar-refractivity contribution >= 4 is 12.1 Å². The van der Waals surface area contributed by atoms with Crippen molar-refractivity contribution in [3.63, 3.8) is 0 Å². The molecule has 0 aromatic rings. The van der Waals surface area contributed by atoms with Gasteiger partial charge in [0.1, 0.15) is 0 Å². The largest absolute Gasteiger partial charge is 0.469 e. The van der Waals surface area contributed by atoms with Gasteiger partial charge in [0.05, 0.1) is 26.7 Å². The molecule has 2 fully saturated rings. The summed E-state index contributed by atoms with van der Waals surface area (Å²) in [4.78, 5) is 26.7. The van der Waals surface area contributed by atoms with Gasteiger partial charge >= 0.3 is 12.1 Å². The van der Waals surface area contributed by atoms with Gasteiger partial charge in [0.15, 0.2) is 0 Å². The fraction of sp³-hybridized carbons (Fsp3) is 0.857. The molecule has 0 spiro atoms. The summed E-state index contributed by atoms with van der Waals surface area (Å²) in [7, 11) is 2.61. The molecule has 2 heterocycles. The van der Waals surface area contributed by atoms with Crippen LogP contribution in [0.15, 0.2) is 0 Å². The molecule has 126 valence electrons. The first kappa shape index (κ1) is 16.9. The van der Waals surface area contributed by atoms with E-state index in [-0.39, 0.29) is 30.9 Å². The molecule has 2 saturated heterocycles. The zero-order chi connectivity index (χ0) is 16.3. The topological polar surface area (TPSA) is 59.1 Å². The fourth-order valence-corrected chi connectivity index (χ4v) is 3.22. The van der Waals surface area contributed by atoms with Gasteiger partial charge in [-0.15, -0.1) is 0 Å². The average molecular weight is 320 g/mol. The van der Waals surface area contributed by atoms with Crippen molar-refractivity contribution in [2.45, 2.75) is 31.2 Å². The van der Waals surface area contributed by atoms with Gasteiger partial charge in [-0.25, -0.2) is 13.6 Å². The highest BCUT2D eigenvalue weighted by Gasteiger charge is 2.42. The van der Waals surface area contributed by atoms with E-state index >= 15 is 0 Å². The smallest absolute Gasteiger partial charge is 0.409 e. The molecular weight excluding hydrogens is 298 g/mol. The standard InChI is InChI=1S/C14H22F2N2O4/c1-21-12(19)10-3-5-18(13(20)22-2)11(7-10)8-17-6-4-14(15,16)9-17/h10-11H,3-9H2,1-2H3/t10-,11+/m1/s1. The Morgan fingerprint density at radius 3 is 2.50 bits per heavy atom. The summed E-state index contributed by atoms with van der Waals surface area (Å²) in [6, 6.07) is -0.320. The Labute approximate surface area is 128 Å². The molecule has 0 unspecified atom stereocenters. The van der Waals surface area contributed by atoms with Gasteiger partial charge in [0, 0.05) is 32.1 Å². The first-order valence-electron chi connectivity index (χ1n) is 7.39. The molecule has 2 aliphatic rings. The van der Waals surface area contributed by atoms with Gasteiger partial charge in [-0.2, -0.15) is 0 Å². The van der Waals surface area contributed by atoms with Crippen LogP contribution in [0, 0.1) is 5.92 Å². The lowest BCUT2D eigenvalue weighted by Crippen LogP contribution is -2.52. The second kappa shape index (κ2) is 6.76. The van der Waals surface area contributed by atoms with Crippen molar-refractivity contribution in [2.24, 2.45) is 5.92 Å². The van der Waals surface area contributed by atoms with Gasteiger partial charge < -0.3 is 14.4 Å². The van der Waals surface area contributed by atoms with Crippen LogP contribution in [0.25, 0.3) is 0 Å². The summed E-state index contributed by atoms with van der Waals surface area (Å²) >= 11 is 0. The Hall–Kier alpha value is -1.44. The monoisotopic (exact) mass is 320 g/mol. The third-order valence-electron chi connectivity index (χ3n) is 4.38. The van der Waals surface area contributed by atoms with Crippen molar-refractivity contribution in [2.75, 3.05) is 40.4 Å². The molecule has 0 aromatic heterocycles. The van der Waals surface area contributed by atoms with Gasteiger partial charge in [-0.3, -0.25) is 9.69 Å². The summed E-state index contributed by atoms with van der Waals surface area (Å²) in [5.41, 5.74) is 0. The minimum absolute atomic E-state index is 0.168. The molecule has 2 aliphatic heterocycles. The van der Waals surface area contributed by atoms with E-state index in [1.54, 1.807) is 4.90 Å². The first-order chi connectivity index (χ1) is 10.4. The second-order valence-electron chi connectivity index (χ2n) is 5.90. The number of ether oxygens (including phenoxy) is 2. The van der Waals surface area contributed by atoms with Crippen molar-refractivity contribution in [3.05, 3.63) is 0 Å². The van der Waals surface area contributed by atoms with Crippen LogP contribution in [0.4, 0.5) is 13.6 Å². The van der Waals surface area contributed by atoms with E-state index in [1.807, 2.05) is 0 Å². The minimum atomic E-state index is -2.67. The number of amides is 1. The number of carbonyl (C=O) groups excluding carboxylic acids is 2. The quantitative estimate of drug-likeness (QED) is 0.735. The zero-order valence-electron chi connectivity index (χ0n) is 12.9. The van der Waals surface area contributed by atoms with Crippen molar-refractivity contribution < 1.29 is 27.8 Å². The molecule has 22 heavy (non-hydrogen) atoms. The third kappa shape index (κ3) is 3.85. The van der Waals surface area contributed by atoms with Crippen LogP contribution in [-0.4, -0.2) is 74.2 Å². The lowest BCUT2D eigenvalue weighted by molar-refractivity contribution is -0.147. The molecule has 0 aromatic carbocycles. The number of methoxy groups -OCH3 is 2. The number of halogens is 2. The Bertz CT molecular complexity index is 433. The van der Waals surface area contributed by atoms with E-state index in [0.717, 1.165) is 0 Å². The van der Waals surface area contributed by atoms with Crippen molar-refractivity contribution in [1.29, 1.82) is 0 Å². The molecule has 6 nitrogen and oxygen atoms in total. The van der Waals surface area contributed by atoms with E-state index in [9.17, 15) is 18.4 Å². The Kier molecular flexibility index (Phi) is 5.20. The van der Waals surface area contributed by atoms with Gasteiger partial charge in [-0.05, 0) is 12.8 Å². The lowest BCUT2D eigenvalue weighted by atomic mass is 9.90. The van der Waals surface area contributed by atoms with Crippen LogP contribution in [0.1, 0.15) is 19.3 Å². The molecule has 0 bridgehead atoms. The molecule has 2 atom stereocenters. The van der Waals surface area contributed by atoms with Gasteiger partial charge in [0.25, 0.3) is 5.92 Å². The first-order valence-corrected chi connectivity index (χ1v) is 7.39. The summed E-state index contributed by atoms with van der Waals surface area (Å²) in [6.07, 6.45) is 0.246. The van der Waals surface area contributed by atoms with Crippen LogP contribution >= 0.6 is 0 Å². The SMILES string of the molecule is COC(=O)[C@@H]1CCN(C(=O)OC)[C@H](CN2CCC(F)(F)C2)C1. The minimum Gasteiger partial charge on any atom is -0.469 e. The van der Waals surface area contributed by atoms with Crippen LogP contribution in [-0.2, 0) is 14.3 Å². The molecule has 8 heteroatoms. The summed E-state index contributed by atoms with van der Waals surface area (Å²) in [5, 5.41) is 0. The Balaban J connectivity index is 2.03. The van der Waals surface area contributed by atoms with Crippen LogP contribution in [0.5, 0.6) is 0 Å². The van der Waals surface area contributed by atoms with Gasteiger partial charge in [-0.1, -0.05) is 0 Å². The lowest BCUT2D eigenvalue weighted by Gasteiger charge is -2.39. The molecule has 1 amide bonds. The number of rotatable bonds is 3. The van der Waals surface area contributed by atoms with E-state index in [2.05, 4.69) is 0 Å². The number of likely N-dealkylation sites (tertiary alicyclic amines) is 2. The molecule has 0 saturated carbocycles. The Morgan fingerprint density at radius 2 is 1.95 bits per heavy atom. The maximum absolute atomic E-state index is 13.3. The van der Waals surface area contributed by atoms with E-state index < -0.39 is 12.0 Å². The molecule has 0 N–H and O–H groups in total. The fourth-order valence-electron chi connectivity index (χ4n) is 3.22. The molecule has 0 aliphatic carbocycles. The van der Waals surface area contributed by atoms with Crippen LogP contribution in [0.2, 0.25) is 0 Å². The summed E-state index contributed by atoms with van der Waals surface area (Å²) in [6.45, 7) is 0.669. The van der Waals surface area contributed by atoms with Gasteiger partial charge in [0.2, 0.25) is 0 Å². The van der Waals surface area contributed by atoms with Crippen LogP contribution in [0.3, 0.4) is 0 Å². The second-order valence-corrected chi connectivity index (χ2v) is 5.90. The number of nitrogens with zero attached hydrogens (tertiary/aromatic N) is 2. The highest BCUT2D eigenvalue weighted by atomic mass is 19.3. The van der Waals surface area contributed by atoms with E-state index in [0.29, 0.717) is 32.5 Å². The van der Waals surface area contributed by atoms with Crippen molar-refractivity contribution in [1.82, 2.24) is 9.80 Å². The highest BCUT2D eigenvalue weighted by molar-refractivity contribution is 5.73. The number of hydrogen-bond acceptors (Lipinski definition) is 5. The zero-order valence-corrected chi connectivity index (χ0v) is 12.9. The number of hydrogen-bond donors (Lipinski definition) is 0. The number of esters is 1. The predicted molar refractivity (Wildman–Crippen MR) is 73.6 cm³/mol. The maximum atomic E-state index is 13.3. The third-order valence-corrected chi connectivity index (χ3v) is 4.38. The average Bonchev–Trinajstić information content (AvgIpc) is 2.84. The summed E-state index contributed by atoms with van der Waals surface area (Å²) in [5.74, 6) is -3.30. The normalized spacial score (nSPS) is 28.5.